The van der Waals surface area contributed by atoms with Crippen molar-refractivity contribution in [2.24, 2.45) is 0 Å². The maximum absolute atomic E-state index is 10.5. The minimum Gasteiger partial charge on any atom is -0.454 e. The Balaban J connectivity index is 2.29. The van der Waals surface area contributed by atoms with Crippen LogP contribution < -0.4 is 9.47 Å². The molecule has 0 aliphatic carbocycles. The van der Waals surface area contributed by atoms with Crippen molar-refractivity contribution in [3.05, 3.63) is 24.0 Å². The molecule has 0 unspecified atom stereocenters. The number of carbonyl (C=O) groups excluding carboxylic acids is 1. The summed E-state index contributed by atoms with van der Waals surface area (Å²) in [4.78, 5) is 10.5. The number of rotatable bonds is 1. The second-order valence-corrected chi connectivity index (χ2v) is 3.01. The Morgan fingerprint density at radius 2 is 1.93 bits per heavy atom. The molecule has 0 amide bonds. The second kappa shape index (κ2) is 2.51. The van der Waals surface area contributed by atoms with Crippen molar-refractivity contribution in [2.45, 2.75) is 0 Å². The summed E-state index contributed by atoms with van der Waals surface area (Å²) >= 11 is 0. The molecule has 0 fully saturated rings. The van der Waals surface area contributed by atoms with Crippen molar-refractivity contribution in [2.75, 3.05) is 6.79 Å². The lowest BCUT2D eigenvalue weighted by Gasteiger charge is -1.93. The van der Waals surface area contributed by atoms with Crippen LogP contribution in [0.5, 0.6) is 11.5 Å². The van der Waals surface area contributed by atoms with Gasteiger partial charge in [0.25, 0.3) is 0 Å². The van der Waals surface area contributed by atoms with E-state index in [1.54, 1.807) is 18.2 Å². The molecule has 0 bridgehead atoms. The average molecular weight is 190 g/mol. The molecule has 2 heterocycles. The smallest absolute Gasteiger partial charge is 0.231 e. The highest BCUT2D eigenvalue weighted by atomic mass is 16.7. The minimum atomic E-state index is 0.239. The maximum Gasteiger partial charge on any atom is 0.231 e. The van der Waals surface area contributed by atoms with Crippen molar-refractivity contribution in [1.29, 1.82) is 0 Å². The third kappa shape index (κ3) is 0.907. The Morgan fingerprint density at radius 1 is 1.14 bits per heavy atom. The van der Waals surface area contributed by atoms with Gasteiger partial charge in [0.2, 0.25) is 6.79 Å². The topological polar surface area (TPSA) is 48.7 Å². The zero-order valence-electron chi connectivity index (χ0n) is 7.15. The number of furan rings is 1. The third-order valence-electron chi connectivity index (χ3n) is 2.15. The molecule has 0 atom stereocenters. The molecule has 1 aromatic carbocycles. The van der Waals surface area contributed by atoms with Crippen molar-refractivity contribution >= 4 is 17.3 Å². The van der Waals surface area contributed by atoms with Crippen LogP contribution in [0.15, 0.2) is 22.6 Å². The van der Waals surface area contributed by atoms with E-state index in [2.05, 4.69) is 0 Å². The molecule has 0 N–H and O–H groups in total. The van der Waals surface area contributed by atoms with Gasteiger partial charge in [0.15, 0.2) is 23.5 Å². The van der Waals surface area contributed by atoms with Gasteiger partial charge in [-0.15, -0.1) is 0 Å². The van der Waals surface area contributed by atoms with E-state index >= 15 is 0 Å². The van der Waals surface area contributed by atoms with Crippen LogP contribution >= 0.6 is 0 Å². The van der Waals surface area contributed by atoms with E-state index in [9.17, 15) is 4.79 Å². The van der Waals surface area contributed by atoms with Crippen LogP contribution in [0.2, 0.25) is 0 Å². The predicted octanol–water partition coefficient (Wildman–Crippen LogP) is 1.97. The highest BCUT2D eigenvalue weighted by Crippen LogP contribution is 2.36. The monoisotopic (exact) mass is 190 g/mol. The number of carbonyl (C=O) groups is 1. The zero-order valence-corrected chi connectivity index (χ0v) is 7.15. The third-order valence-corrected chi connectivity index (χ3v) is 2.15. The SMILES string of the molecule is O=Cc1cc2cc3c(cc2o1)OCO3. The summed E-state index contributed by atoms with van der Waals surface area (Å²) in [5, 5.41) is 0.844. The number of hydrogen-bond donors (Lipinski definition) is 0. The molecule has 70 valence electrons. The molecule has 0 spiro atoms. The molecule has 0 radical (unpaired) electrons. The number of ether oxygens (including phenoxy) is 2. The molecule has 14 heavy (non-hydrogen) atoms. The zero-order chi connectivity index (χ0) is 9.54. The van der Waals surface area contributed by atoms with Gasteiger partial charge in [-0.25, -0.2) is 0 Å². The van der Waals surface area contributed by atoms with Gasteiger partial charge in [-0.3, -0.25) is 4.79 Å². The first-order valence-corrected chi connectivity index (χ1v) is 4.15. The van der Waals surface area contributed by atoms with E-state index in [4.69, 9.17) is 13.9 Å². The largest absolute Gasteiger partial charge is 0.454 e. The van der Waals surface area contributed by atoms with E-state index in [0.29, 0.717) is 29.1 Å². The Kier molecular flexibility index (Phi) is 1.33. The van der Waals surface area contributed by atoms with Crippen LogP contribution in [-0.4, -0.2) is 13.1 Å². The van der Waals surface area contributed by atoms with E-state index in [1.807, 2.05) is 0 Å². The molecule has 4 nitrogen and oxygen atoms in total. The first-order valence-electron chi connectivity index (χ1n) is 4.15. The lowest BCUT2D eigenvalue weighted by Crippen LogP contribution is -1.92. The molecular formula is C10H6O4. The lowest BCUT2D eigenvalue weighted by atomic mass is 10.2. The fraction of sp³-hybridized carbons (Fsp3) is 0.100. The van der Waals surface area contributed by atoms with Crippen LogP contribution in [0.1, 0.15) is 10.6 Å². The molecule has 1 aliphatic heterocycles. The molecular weight excluding hydrogens is 184 g/mol. The molecule has 1 aromatic heterocycles. The van der Waals surface area contributed by atoms with Gasteiger partial charge in [-0.05, 0) is 12.1 Å². The fourth-order valence-corrected chi connectivity index (χ4v) is 1.51. The van der Waals surface area contributed by atoms with Crippen molar-refractivity contribution in [1.82, 2.24) is 0 Å². The van der Waals surface area contributed by atoms with Gasteiger partial charge in [-0.1, -0.05) is 0 Å². The standard InChI is InChI=1S/C10H6O4/c11-4-7-1-6-2-9-10(13-5-12-9)3-8(6)14-7/h1-4H,5H2. The number of benzene rings is 1. The quantitative estimate of drug-likeness (QED) is 0.645. The van der Waals surface area contributed by atoms with E-state index in [-0.39, 0.29) is 6.79 Å². The molecule has 1 aliphatic rings. The second-order valence-electron chi connectivity index (χ2n) is 3.01. The van der Waals surface area contributed by atoms with Gasteiger partial charge < -0.3 is 13.9 Å². The highest BCUT2D eigenvalue weighted by Gasteiger charge is 2.16. The van der Waals surface area contributed by atoms with Crippen LogP contribution in [0, 0.1) is 0 Å². The van der Waals surface area contributed by atoms with Gasteiger partial charge in [0.1, 0.15) is 5.58 Å². The Morgan fingerprint density at radius 3 is 2.71 bits per heavy atom. The van der Waals surface area contributed by atoms with Crippen molar-refractivity contribution in [3.63, 3.8) is 0 Å². The Hall–Kier alpha value is -1.97. The minimum absolute atomic E-state index is 0.239. The Bertz CT molecular complexity index is 471. The van der Waals surface area contributed by atoms with Crippen molar-refractivity contribution < 1.29 is 18.7 Å². The van der Waals surface area contributed by atoms with Gasteiger partial charge in [-0.2, -0.15) is 0 Å². The van der Waals surface area contributed by atoms with E-state index < -0.39 is 0 Å². The summed E-state index contributed by atoms with van der Waals surface area (Å²) in [6.45, 7) is 0.239. The summed E-state index contributed by atoms with van der Waals surface area (Å²) in [5.74, 6) is 1.66. The summed E-state index contributed by atoms with van der Waals surface area (Å²) in [6.07, 6.45) is 0.673. The van der Waals surface area contributed by atoms with Crippen LogP contribution in [-0.2, 0) is 0 Å². The number of aldehydes is 1. The fourth-order valence-electron chi connectivity index (χ4n) is 1.51. The first kappa shape index (κ1) is 7.44. The predicted molar refractivity (Wildman–Crippen MR) is 47.7 cm³/mol. The molecule has 3 rings (SSSR count). The number of hydrogen-bond acceptors (Lipinski definition) is 4. The van der Waals surface area contributed by atoms with Crippen LogP contribution in [0.3, 0.4) is 0 Å². The van der Waals surface area contributed by atoms with Gasteiger partial charge >= 0.3 is 0 Å². The highest BCUT2D eigenvalue weighted by molar-refractivity contribution is 5.87. The summed E-state index contributed by atoms with van der Waals surface area (Å²) in [5.41, 5.74) is 0.636. The maximum atomic E-state index is 10.5. The molecule has 0 saturated carbocycles. The number of fused-ring (bicyclic) bond motifs is 2. The summed E-state index contributed by atoms with van der Waals surface area (Å²) < 4.78 is 15.6. The summed E-state index contributed by atoms with van der Waals surface area (Å²) in [7, 11) is 0. The Labute approximate surface area is 79.0 Å². The summed E-state index contributed by atoms with van der Waals surface area (Å²) in [6, 6.07) is 5.20. The van der Waals surface area contributed by atoms with Gasteiger partial charge in [0.05, 0.1) is 0 Å². The van der Waals surface area contributed by atoms with E-state index in [0.717, 1.165) is 5.39 Å². The van der Waals surface area contributed by atoms with Crippen molar-refractivity contribution in [3.8, 4) is 11.5 Å². The van der Waals surface area contributed by atoms with Gasteiger partial charge in [0, 0.05) is 11.5 Å². The van der Waals surface area contributed by atoms with E-state index in [1.165, 1.54) is 0 Å². The normalized spacial score (nSPS) is 13.4. The molecule has 0 saturated heterocycles. The molecule has 4 heteroatoms. The van der Waals surface area contributed by atoms with Crippen LogP contribution in [0.25, 0.3) is 11.0 Å². The first-order chi connectivity index (χ1) is 6.86. The molecule has 2 aromatic rings. The lowest BCUT2D eigenvalue weighted by molar-refractivity contribution is 0.110. The average Bonchev–Trinajstić information content (AvgIpc) is 2.77. The van der Waals surface area contributed by atoms with Crippen LogP contribution in [0.4, 0.5) is 0 Å².